The van der Waals surface area contributed by atoms with E-state index in [1.807, 2.05) is 55.0 Å². The molecule has 0 N–H and O–H groups in total. The molecule has 4 aromatic carbocycles. The number of fused-ring (bicyclic) bond motifs is 12. The third kappa shape index (κ3) is 4.05. The van der Waals surface area contributed by atoms with Gasteiger partial charge < -0.3 is 13.5 Å². The Kier molecular flexibility index (Phi) is 6.22. The Bertz CT molecular complexity index is 2860. The fourth-order valence-corrected chi connectivity index (χ4v) is 7.27. The van der Waals surface area contributed by atoms with Crippen molar-refractivity contribution < 1.29 is 25.8 Å². The van der Waals surface area contributed by atoms with Crippen LogP contribution in [0.5, 0.6) is 11.5 Å². The average Bonchev–Trinajstić information content (AvgIpc) is 3.78. The van der Waals surface area contributed by atoms with Crippen LogP contribution in [0, 0.1) is 12.1 Å². The predicted molar refractivity (Wildman–Crippen MR) is 189 cm³/mol. The number of ether oxygens (including phenoxy) is 1. The van der Waals surface area contributed by atoms with Crippen LogP contribution in [0.25, 0.3) is 76.9 Å². The molecule has 6 aromatic heterocycles. The maximum Gasteiger partial charge on any atom is 2.00 e. The molecule has 0 spiro atoms. The van der Waals surface area contributed by atoms with E-state index in [2.05, 4.69) is 96.3 Å². The number of nitrogens with zero attached hydrogens (tertiary/aromatic N) is 5. The van der Waals surface area contributed by atoms with Gasteiger partial charge in [-0.1, -0.05) is 97.7 Å². The van der Waals surface area contributed by atoms with Crippen molar-refractivity contribution in [3.8, 4) is 22.8 Å². The number of pyridine rings is 3. The maximum absolute atomic E-state index is 6.53. The third-order valence-electron chi connectivity index (χ3n) is 9.33. The van der Waals surface area contributed by atoms with E-state index in [9.17, 15) is 0 Å². The largest absolute Gasteiger partial charge is 2.00 e. The topological polar surface area (TPSA) is 56.7 Å². The zero-order valence-electron chi connectivity index (χ0n) is 26.4. The second-order valence-electron chi connectivity index (χ2n) is 13.2. The molecule has 0 fully saturated rings. The van der Waals surface area contributed by atoms with E-state index < -0.39 is 0 Å². The van der Waals surface area contributed by atoms with Crippen LogP contribution in [0.2, 0.25) is 0 Å². The predicted octanol–water partition coefficient (Wildman–Crippen LogP) is 9.94. The summed E-state index contributed by atoms with van der Waals surface area (Å²) in [6, 6.07) is 38.3. The molecule has 48 heavy (non-hydrogen) atoms. The summed E-state index contributed by atoms with van der Waals surface area (Å²) < 4.78 is 10.8. The van der Waals surface area contributed by atoms with Crippen molar-refractivity contribution >= 4 is 65.7 Å². The van der Waals surface area contributed by atoms with Gasteiger partial charge in [0.1, 0.15) is 11.3 Å². The Labute approximate surface area is 290 Å². The van der Waals surface area contributed by atoms with Crippen LogP contribution in [-0.4, -0.2) is 23.8 Å². The molecule has 0 atom stereocenters. The van der Waals surface area contributed by atoms with Gasteiger partial charge in [0.25, 0.3) is 0 Å². The molecular weight excluding hydrogens is 774 g/mol. The standard InChI is InChI=1S/C41H27N5O.Pt/c1-41(2,3)33-18-20-43-40-36(33)31-12-7-11-29-28-17-15-26(22-35(28)46(40)37(29)31)47-25-14-16-27-30-13-8-19-42-38(30)45-23-34(24-9-5-4-6-10-24)44-39(45)32(27)21-25;/h4-20,23H,1-3H3;/q-2;+2. The number of rotatable bonds is 3. The molecule has 0 saturated heterocycles. The molecule has 6 heterocycles. The van der Waals surface area contributed by atoms with Gasteiger partial charge >= 0.3 is 21.1 Å². The van der Waals surface area contributed by atoms with Gasteiger partial charge in [-0.15, -0.1) is 29.7 Å². The van der Waals surface area contributed by atoms with E-state index in [-0.39, 0.29) is 26.5 Å². The van der Waals surface area contributed by atoms with Gasteiger partial charge in [-0.2, -0.15) is 6.07 Å². The van der Waals surface area contributed by atoms with Gasteiger partial charge in [-0.25, -0.2) is 9.97 Å². The number of benzene rings is 4. The summed E-state index contributed by atoms with van der Waals surface area (Å²) in [6.07, 6.45) is 5.79. The van der Waals surface area contributed by atoms with Crippen LogP contribution in [0.1, 0.15) is 26.3 Å². The molecule has 232 valence electrons. The molecule has 0 amide bonds. The molecule has 10 rings (SSSR count). The molecular formula is C41H27N5OPt. The van der Waals surface area contributed by atoms with Crippen molar-refractivity contribution in [2.24, 2.45) is 0 Å². The fourth-order valence-electron chi connectivity index (χ4n) is 7.27. The molecule has 0 saturated carbocycles. The maximum atomic E-state index is 6.53. The Morgan fingerprint density at radius 1 is 0.646 bits per heavy atom. The fraction of sp³-hybridized carbons (Fsp3) is 0.0976. The van der Waals surface area contributed by atoms with E-state index in [1.165, 1.54) is 27.2 Å². The van der Waals surface area contributed by atoms with Gasteiger partial charge in [-0.3, -0.25) is 4.98 Å². The number of hydrogen-bond donors (Lipinski definition) is 0. The first kappa shape index (κ1) is 28.9. The first-order chi connectivity index (χ1) is 22.9. The zero-order valence-corrected chi connectivity index (χ0v) is 28.6. The Morgan fingerprint density at radius 3 is 2.23 bits per heavy atom. The quantitative estimate of drug-likeness (QED) is 0.132. The van der Waals surface area contributed by atoms with E-state index in [4.69, 9.17) is 19.7 Å². The van der Waals surface area contributed by atoms with Crippen LogP contribution in [-0.2, 0) is 26.5 Å². The van der Waals surface area contributed by atoms with Crippen molar-refractivity contribution in [2.75, 3.05) is 0 Å². The third-order valence-corrected chi connectivity index (χ3v) is 9.33. The first-order valence-corrected chi connectivity index (χ1v) is 15.8. The SMILES string of the molecule is CC(C)(C)c1ccnc2c1c1cccc3c4ccc(Oc5[c-]c6c(cc5)c5cccnc5n5cc(-c7ccccc7)nc65)[c-]c4n2c31.[Pt+2]. The van der Waals surface area contributed by atoms with Crippen LogP contribution >= 0.6 is 0 Å². The average molecular weight is 801 g/mol. The van der Waals surface area contributed by atoms with Crippen molar-refractivity contribution in [1.29, 1.82) is 0 Å². The monoisotopic (exact) mass is 800 g/mol. The number of hydrogen-bond acceptors (Lipinski definition) is 4. The van der Waals surface area contributed by atoms with Crippen LogP contribution in [0.4, 0.5) is 0 Å². The number of imidazole rings is 1. The van der Waals surface area contributed by atoms with E-state index >= 15 is 0 Å². The smallest absolute Gasteiger partial charge is 0.503 e. The second-order valence-corrected chi connectivity index (χ2v) is 13.2. The second kappa shape index (κ2) is 10.3. The van der Waals surface area contributed by atoms with E-state index in [0.717, 1.165) is 55.3 Å². The number of aromatic nitrogens is 5. The van der Waals surface area contributed by atoms with Gasteiger partial charge in [-0.05, 0) is 33.9 Å². The molecule has 6 nitrogen and oxygen atoms in total. The molecule has 0 unspecified atom stereocenters. The van der Waals surface area contributed by atoms with Crippen molar-refractivity contribution in [3.63, 3.8) is 0 Å². The van der Waals surface area contributed by atoms with Crippen molar-refractivity contribution in [2.45, 2.75) is 26.2 Å². The summed E-state index contributed by atoms with van der Waals surface area (Å²) >= 11 is 0. The molecule has 0 aliphatic heterocycles. The zero-order chi connectivity index (χ0) is 31.4. The van der Waals surface area contributed by atoms with Crippen LogP contribution in [0.3, 0.4) is 0 Å². The molecule has 0 radical (unpaired) electrons. The van der Waals surface area contributed by atoms with Crippen molar-refractivity contribution in [3.05, 3.63) is 127 Å². The minimum atomic E-state index is -0.0254. The molecule has 0 aliphatic carbocycles. The molecule has 10 aromatic rings. The van der Waals surface area contributed by atoms with Gasteiger partial charge in [0.15, 0.2) is 0 Å². The summed E-state index contributed by atoms with van der Waals surface area (Å²) in [5.74, 6) is 1.20. The Balaban J connectivity index is 0.00000314. The minimum absolute atomic E-state index is 0. The minimum Gasteiger partial charge on any atom is -0.503 e. The molecule has 7 heteroatoms. The Morgan fingerprint density at radius 2 is 1.40 bits per heavy atom. The van der Waals surface area contributed by atoms with Crippen LogP contribution in [0.15, 0.2) is 110 Å². The summed E-state index contributed by atoms with van der Waals surface area (Å²) in [5.41, 5.74) is 7.89. The summed E-state index contributed by atoms with van der Waals surface area (Å²) in [5, 5.41) is 7.64. The van der Waals surface area contributed by atoms with E-state index in [1.54, 1.807) is 0 Å². The Hall–Kier alpha value is -5.32. The number of para-hydroxylation sites is 1. The van der Waals surface area contributed by atoms with Gasteiger partial charge in [0.2, 0.25) is 0 Å². The summed E-state index contributed by atoms with van der Waals surface area (Å²) in [7, 11) is 0. The molecule has 0 aliphatic rings. The summed E-state index contributed by atoms with van der Waals surface area (Å²) in [4.78, 5) is 14.7. The van der Waals surface area contributed by atoms with Gasteiger partial charge in [0, 0.05) is 51.9 Å². The summed E-state index contributed by atoms with van der Waals surface area (Å²) in [6.45, 7) is 6.77. The first-order valence-electron chi connectivity index (χ1n) is 15.8. The molecule has 0 bridgehead atoms. The van der Waals surface area contributed by atoms with Crippen molar-refractivity contribution in [1.82, 2.24) is 23.8 Å². The van der Waals surface area contributed by atoms with Gasteiger partial charge in [0.05, 0.1) is 11.3 Å². The normalized spacial score (nSPS) is 12.3. The van der Waals surface area contributed by atoms with Crippen LogP contribution < -0.4 is 4.74 Å². The van der Waals surface area contributed by atoms with E-state index in [0.29, 0.717) is 11.5 Å².